The molecule has 1 aromatic heterocycles. The number of aromatic nitrogens is 1. The molecule has 7 heteroatoms. The van der Waals surface area contributed by atoms with Crippen molar-refractivity contribution in [2.24, 2.45) is 0 Å². The van der Waals surface area contributed by atoms with Gasteiger partial charge in [0, 0.05) is 18.4 Å². The molecule has 1 aliphatic rings. The van der Waals surface area contributed by atoms with Gasteiger partial charge in [-0.15, -0.1) is 0 Å². The average molecular weight is 369 g/mol. The molecule has 0 saturated carbocycles. The Hall–Kier alpha value is -3.09. The third kappa shape index (κ3) is 3.58. The van der Waals surface area contributed by atoms with Crippen LogP contribution < -0.4 is 19.7 Å². The number of nitrogens with one attached hydrogen (secondary N) is 1. The number of unbranched alkanes of at least 4 members (excludes halogenated alkanes) is 1. The summed E-state index contributed by atoms with van der Waals surface area (Å²) in [5, 5.41) is 2.75. The Balaban J connectivity index is 1.88. The zero-order valence-corrected chi connectivity index (χ0v) is 15.7. The zero-order chi connectivity index (χ0) is 19.4. The van der Waals surface area contributed by atoms with Crippen LogP contribution >= 0.6 is 0 Å². The van der Waals surface area contributed by atoms with Crippen molar-refractivity contribution in [3.05, 3.63) is 42.6 Å². The van der Waals surface area contributed by atoms with Crippen LogP contribution in [0.25, 0.3) is 0 Å². The number of benzene rings is 1. The van der Waals surface area contributed by atoms with Crippen molar-refractivity contribution in [1.82, 2.24) is 4.98 Å². The van der Waals surface area contributed by atoms with Gasteiger partial charge in [-0.3, -0.25) is 14.5 Å². The van der Waals surface area contributed by atoms with Crippen molar-refractivity contribution in [2.75, 3.05) is 23.9 Å². The normalized spacial score (nSPS) is 18.5. The molecule has 2 heterocycles. The second-order valence-electron chi connectivity index (χ2n) is 6.45. The van der Waals surface area contributed by atoms with Gasteiger partial charge in [-0.25, -0.2) is 4.98 Å². The molecule has 2 amide bonds. The molecule has 1 aromatic carbocycles. The van der Waals surface area contributed by atoms with Gasteiger partial charge in [0.05, 0.1) is 7.11 Å². The van der Waals surface area contributed by atoms with E-state index in [-0.39, 0.29) is 0 Å². The number of ether oxygens (including phenoxy) is 2. The molecular formula is C20H23N3O4. The molecule has 0 spiro atoms. The van der Waals surface area contributed by atoms with Crippen LogP contribution in [0.4, 0.5) is 11.5 Å². The zero-order valence-electron chi connectivity index (χ0n) is 15.7. The number of nitrogens with zero attached hydrogens (tertiary/aromatic N) is 2. The van der Waals surface area contributed by atoms with E-state index in [4.69, 9.17) is 9.47 Å². The molecule has 142 valence electrons. The van der Waals surface area contributed by atoms with Crippen molar-refractivity contribution in [3.8, 4) is 11.5 Å². The summed E-state index contributed by atoms with van der Waals surface area (Å²) in [4.78, 5) is 31.9. The van der Waals surface area contributed by atoms with E-state index < -0.39 is 17.4 Å². The van der Waals surface area contributed by atoms with Gasteiger partial charge in [-0.05, 0) is 49.7 Å². The molecule has 2 aromatic rings. The molecule has 0 saturated heterocycles. The Morgan fingerprint density at radius 3 is 2.70 bits per heavy atom. The summed E-state index contributed by atoms with van der Waals surface area (Å²) >= 11 is 0. The van der Waals surface area contributed by atoms with E-state index >= 15 is 0 Å². The van der Waals surface area contributed by atoms with Gasteiger partial charge in [-0.2, -0.15) is 0 Å². The predicted octanol–water partition coefficient (Wildman–Crippen LogP) is 3.01. The molecule has 1 aliphatic heterocycles. The highest BCUT2D eigenvalue weighted by atomic mass is 16.5. The molecule has 0 aliphatic carbocycles. The molecule has 3 rings (SSSR count). The second-order valence-corrected chi connectivity index (χ2v) is 6.45. The topological polar surface area (TPSA) is 80.8 Å². The van der Waals surface area contributed by atoms with E-state index in [1.165, 1.54) is 11.8 Å². The largest absolute Gasteiger partial charge is 0.497 e. The Kier molecular flexibility index (Phi) is 5.30. The summed E-state index contributed by atoms with van der Waals surface area (Å²) in [6, 6.07) is 10.3. The molecule has 7 nitrogen and oxygen atoms in total. The first-order valence-electron chi connectivity index (χ1n) is 8.91. The van der Waals surface area contributed by atoms with Crippen molar-refractivity contribution in [3.63, 3.8) is 0 Å². The minimum Gasteiger partial charge on any atom is -0.497 e. The van der Waals surface area contributed by atoms with Gasteiger partial charge < -0.3 is 14.8 Å². The number of fused-ring (bicyclic) bond motifs is 1. The van der Waals surface area contributed by atoms with Crippen molar-refractivity contribution >= 4 is 23.3 Å². The molecule has 27 heavy (non-hydrogen) atoms. The van der Waals surface area contributed by atoms with E-state index in [0.717, 1.165) is 12.8 Å². The van der Waals surface area contributed by atoms with Gasteiger partial charge in [0.1, 0.15) is 5.75 Å². The minimum atomic E-state index is -1.68. The van der Waals surface area contributed by atoms with E-state index in [0.29, 0.717) is 29.5 Å². The van der Waals surface area contributed by atoms with Gasteiger partial charge in [0.15, 0.2) is 11.6 Å². The van der Waals surface area contributed by atoms with Gasteiger partial charge in [0.2, 0.25) is 0 Å². The van der Waals surface area contributed by atoms with Crippen LogP contribution in [-0.2, 0) is 9.59 Å². The lowest BCUT2D eigenvalue weighted by Gasteiger charge is -2.38. The first kappa shape index (κ1) is 18.7. The summed E-state index contributed by atoms with van der Waals surface area (Å²) in [6.45, 7) is 4.01. The standard InChI is InChI=1S/C20H23N3O4/c1-4-5-13-23-17-16(7-6-12-21-17)27-20(2,19(23)25)18(24)22-14-8-10-15(26-3)11-9-14/h6-12H,4-5,13H2,1-3H3,(H,22,24). The molecule has 0 radical (unpaired) electrons. The summed E-state index contributed by atoms with van der Waals surface area (Å²) < 4.78 is 10.9. The van der Waals surface area contributed by atoms with E-state index in [1.807, 2.05) is 6.92 Å². The smallest absolute Gasteiger partial charge is 0.282 e. The highest BCUT2D eigenvalue weighted by Gasteiger charge is 2.51. The second kappa shape index (κ2) is 7.65. The van der Waals surface area contributed by atoms with Gasteiger partial charge in [-0.1, -0.05) is 13.3 Å². The molecule has 0 bridgehead atoms. The van der Waals surface area contributed by atoms with E-state index in [1.54, 1.807) is 49.7 Å². The third-order valence-corrected chi connectivity index (χ3v) is 4.49. The minimum absolute atomic E-state index is 0.417. The summed E-state index contributed by atoms with van der Waals surface area (Å²) in [5.74, 6) is 0.586. The van der Waals surface area contributed by atoms with E-state index in [2.05, 4.69) is 10.3 Å². The van der Waals surface area contributed by atoms with Gasteiger partial charge >= 0.3 is 0 Å². The number of hydrogen-bond acceptors (Lipinski definition) is 5. The lowest BCUT2D eigenvalue weighted by atomic mass is 10.0. The highest BCUT2D eigenvalue weighted by molar-refractivity contribution is 6.19. The predicted molar refractivity (Wildman–Crippen MR) is 102 cm³/mol. The lowest BCUT2D eigenvalue weighted by Crippen LogP contribution is -2.61. The Labute approximate surface area is 158 Å². The molecular weight excluding hydrogens is 346 g/mol. The van der Waals surface area contributed by atoms with E-state index in [9.17, 15) is 9.59 Å². The number of pyridine rings is 1. The average Bonchev–Trinajstić information content (AvgIpc) is 2.69. The van der Waals surface area contributed by atoms with Crippen LogP contribution in [0.2, 0.25) is 0 Å². The number of rotatable bonds is 6. The summed E-state index contributed by atoms with van der Waals surface area (Å²) in [5.41, 5.74) is -1.13. The van der Waals surface area contributed by atoms with Crippen LogP contribution in [0.5, 0.6) is 11.5 Å². The monoisotopic (exact) mass is 369 g/mol. The number of methoxy groups -OCH3 is 1. The fourth-order valence-corrected chi connectivity index (χ4v) is 2.87. The third-order valence-electron chi connectivity index (χ3n) is 4.49. The number of anilines is 2. The van der Waals surface area contributed by atoms with Crippen LogP contribution in [0.1, 0.15) is 26.7 Å². The fraction of sp³-hybridized carbons (Fsp3) is 0.350. The first-order valence-corrected chi connectivity index (χ1v) is 8.91. The SMILES string of the molecule is CCCCN1C(=O)C(C)(C(=O)Nc2ccc(OC)cc2)Oc2cccnc21. The molecule has 0 fully saturated rings. The number of amides is 2. The maximum atomic E-state index is 13.1. The maximum Gasteiger partial charge on any atom is 0.282 e. The van der Waals surface area contributed by atoms with Crippen LogP contribution in [0.15, 0.2) is 42.6 Å². The Bertz CT molecular complexity index is 837. The fourth-order valence-electron chi connectivity index (χ4n) is 2.87. The summed E-state index contributed by atoms with van der Waals surface area (Å²) in [7, 11) is 1.57. The molecule has 1 N–H and O–H groups in total. The number of hydrogen-bond donors (Lipinski definition) is 1. The lowest BCUT2D eigenvalue weighted by molar-refractivity contribution is -0.145. The maximum absolute atomic E-state index is 13.1. The number of carbonyl (C=O) groups excluding carboxylic acids is 2. The first-order chi connectivity index (χ1) is 13.0. The van der Waals surface area contributed by atoms with Crippen molar-refractivity contribution < 1.29 is 19.1 Å². The van der Waals surface area contributed by atoms with Crippen LogP contribution in [0.3, 0.4) is 0 Å². The van der Waals surface area contributed by atoms with Gasteiger partial charge in [0.25, 0.3) is 17.4 Å². The Morgan fingerprint density at radius 2 is 2.04 bits per heavy atom. The molecule has 1 unspecified atom stereocenters. The Morgan fingerprint density at radius 1 is 1.30 bits per heavy atom. The molecule has 1 atom stereocenters. The van der Waals surface area contributed by atoms with Crippen molar-refractivity contribution in [1.29, 1.82) is 0 Å². The van der Waals surface area contributed by atoms with Crippen LogP contribution in [0, 0.1) is 0 Å². The summed E-state index contributed by atoms with van der Waals surface area (Å²) in [6.07, 6.45) is 3.33. The number of carbonyl (C=O) groups is 2. The van der Waals surface area contributed by atoms with Crippen LogP contribution in [-0.4, -0.2) is 36.1 Å². The highest BCUT2D eigenvalue weighted by Crippen LogP contribution is 2.36. The van der Waals surface area contributed by atoms with Crippen molar-refractivity contribution in [2.45, 2.75) is 32.3 Å². The quantitative estimate of drug-likeness (QED) is 0.792.